The number of carboxylic acid groups (broad SMARTS) is 1. The van der Waals surface area contributed by atoms with Gasteiger partial charge < -0.3 is 14.8 Å². The number of carboxylic acids is 1. The van der Waals surface area contributed by atoms with Crippen molar-refractivity contribution in [2.75, 3.05) is 6.54 Å². The van der Waals surface area contributed by atoms with Gasteiger partial charge in [0.05, 0.1) is 12.5 Å². The maximum atomic E-state index is 12.0. The van der Waals surface area contributed by atoms with Gasteiger partial charge in [0, 0.05) is 13.0 Å². The number of hydrogen-bond donors (Lipinski definition) is 2. The Balaban J connectivity index is 1.66. The maximum absolute atomic E-state index is 12.0. The van der Waals surface area contributed by atoms with Crippen molar-refractivity contribution in [3.8, 4) is 10.8 Å². The van der Waals surface area contributed by atoms with Crippen LogP contribution in [0.1, 0.15) is 41.8 Å². The number of nitrogens with zero attached hydrogens (tertiary/aromatic N) is 1. The number of amides is 1. The van der Waals surface area contributed by atoms with E-state index in [-0.39, 0.29) is 12.3 Å². The normalized spacial score (nSPS) is 10.5. The summed E-state index contributed by atoms with van der Waals surface area (Å²) in [5.74, 6) is -0.241. The zero-order chi connectivity index (χ0) is 15.8. The van der Waals surface area contributed by atoms with Crippen molar-refractivity contribution in [1.29, 1.82) is 0 Å². The van der Waals surface area contributed by atoms with E-state index >= 15 is 0 Å². The van der Waals surface area contributed by atoms with Gasteiger partial charge in [-0.15, -0.1) is 11.3 Å². The van der Waals surface area contributed by atoms with E-state index in [1.165, 1.54) is 11.3 Å². The van der Waals surface area contributed by atoms with Crippen LogP contribution in [-0.4, -0.2) is 28.5 Å². The Morgan fingerprint density at radius 1 is 1.27 bits per heavy atom. The highest BCUT2D eigenvalue weighted by Crippen LogP contribution is 2.25. The van der Waals surface area contributed by atoms with E-state index in [0.29, 0.717) is 28.6 Å². The third kappa shape index (κ3) is 5.00. The van der Waals surface area contributed by atoms with Crippen LogP contribution >= 0.6 is 11.3 Å². The number of carbonyl (C=O) groups is 2. The molecule has 22 heavy (non-hydrogen) atoms. The second kappa shape index (κ2) is 8.33. The van der Waals surface area contributed by atoms with E-state index in [9.17, 15) is 9.59 Å². The van der Waals surface area contributed by atoms with Gasteiger partial charge in [-0.05, 0) is 25.0 Å². The van der Waals surface area contributed by atoms with Crippen LogP contribution < -0.4 is 5.32 Å². The number of aromatic nitrogens is 1. The van der Waals surface area contributed by atoms with Gasteiger partial charge in [0.1, 0.15) is 4.88 Å². The third-order valence-corrected chi connectivity index (χ3v) is 4.08. The van der Waals surface area contributed by atoms with Crippen LogP contribution in [0.25, 0.3) is 10.8 Å². The van der Waals surface area contributed by atoms with Gasteiger partial charge in [0.2, 0.25) is 0 Å². The Hall–Kier alpha value is -2.15. The second-order valence-corrected chi connectivity index (χ2v) is 5.85. The van der Waals surface area contributed by atoms with Crippen LogP contribution in [0.3, 0.4) is 0 Å². The SMILES string of the molecule is O=C(O)CCCCCCNC(=O)c1cnc(-c2ccco2)s1. The Morgan fingerprint density at radius 3 is 2.82 bits per heavy atom. The molecule has 0 atom stereocenters. The topological polar surface area (TPSA) is 92.4 Å². The van der Waals surface area contributed by atoms with Crippen molar-refractivity contribution >= 4 is 23.2 Å². The van der Waals surface area contributed by atoms with Crippen molar-refractivity contribution in [3.63, 3.8) is 0 Å². The minimum Gasteiger partial charge on any atom is -0.481 e. The van der Waals surface area contributed by atoms with Gasteiger partial charge >= 0.3 is 5.97 Å². The lowest BCUT2D eigenvalue weighted by atomic mass is 10.1. The van der Waals surface area contributed by atoms with Crippen molar-refractivity contribution < 1.29 is 19.1 Å². The molecule has 0 saturated carbocycles. The lowest BCUT2D eigenvalue weighted by molar-refractivity contribution is -0.137. The molecule has 1 amide bonds. The zero-order valence-electron chi connectivity index (χ0n) is 12.1. The minimum absolute atomic E-state index is 0.138. The van der Waals surface area contributed by atoms with E-state index in [4.69, 9.17) is 9.52 Å². The van der Waals surface area contributed by atoms with E-state index < -0.39 is 5.97 Å². The number of furan rings is 1. The number of nitrogens with one attached hydrogen (secondary N) is 1. The molecule has 0 aliphatic heterocycles. The van der Waals surface area contributed by atoms with Gasteiger partial charge in [0.15, 0.2) is 10.8 Å². The first kappa shape index (κ1) is 16.2. The Kier molecular flexibility index (Phi) is 6.14. The smallest absolute Gasteiger partial charge is 0.303 e. The van der Waals surface area contributed by atoms with Gasteiger partial charge in [0.25, 0.3) is 5.91 Å². The highest BCUT2D eigenvalue weighted by atomic mass is 32.1. The predicted octanol–water partition coefficient (Wildman–Crippen LogP) is 3.17. The molecule has 0 unspecified atom stereocenters. The van der Waals surface area contributed by atoms with Gasteiger partial charge in [-0.1, -0.05) is 12.8 Å². The fourth-order valence-electron chi connectivity index (χ4n) is 1.94. The van der Waals surface area contributed by atoms with Crippen LogP contribution in [0.5, 0.6) is 0 Å². The largest absolute Gasteiger partial charge is 0.481 e. The molecule has 7 heteroatoms. The van der Waals surface area contributed by atoms with Crippen molar-refractivity contribution in [1.82, 2.24) is 10.3 Å². The molecule has 0 fully saturated rings. The van der Waals surface area contributed by atoms with Crippen LogP contribution in [0.15, 0.2) is 29.0 Å². The monoisotopic (exact) mass is 322 g/mol. The minimum atomic E-state index is -0.758. The zero-order valence-corrected chi connectivity index (χ0v) is 12.9. The summed E-state index contributed by atoms with van der Waals surface area (Å²) in [6.45, 7) is 0.583. The number of hydrogen-bond acceptors (Lipinski definition) is 5. The standard InChI is InChI=1S/C15H18N2O4S/c18-13(19)7-3-1-2-4-8-16-14(20)12-10-17-15(22-12)11-6-5-9-21-11/h5-6,9-10H,1-4,7-8H2,(H,16,20)(H,18,19). The van der Waals surface area contributed by atoms with Crippen LogP contribution in [-0.2, 0) is 4.79 Å². The van der Waals surface area contributed by atoms with Crippen LogP contribution in [0.4, 0.5) is 0 Å². The first-order valence-corrected chi connectivity index (χ1v) is 7.98. The summed E-state index contributed by atoms with van der Waals surface area (Å²) in [6.07, 6.45) is 6.63. The lowest BCUT2D eigenvalue weighted by Crippen LogP contribution is -2.23. The highest BCUT2D eigenvalue weighted by Gasteiger charge is 2.12. The average Bonchev–Trinajstić information content (AvgIpc) is 3.16. The lowest BCUT2D eigenvalue weighted by Gasteiger charge is -2.02. The molecule has 0 bridgehead atoms. The van der Waals surface area contributed by atoms with E-state index in [1.54, 1.807) is 24.6 Å². The van der Waals surface area contributed by atoms with Crippen molar-refractivity contribution in [3.05, 3.63) is 29.5 Å². The molecule has 118 valence electrons. The Bertz CT molecular complexity index is 607. The van der Waals surface area contributed by atoms with Gasteiger partial charge in [-0.2, -0.15) is 0 Å². The molecule has 2 aromatic heterocycles. The number of unbranched alkanes of at least 4 members (excludes halogenated alkanes) is 3. The summed E-state index contributed by atoms with van der Waals surface area (Å²) < 4.78 is 5.24. The molecular weight excluding hydrogens is 304 g/mol. The van der Waals surface area contributed by atoms with Crippen molar-refractivity contribution in [2.24, 2.45) is 0 Å². The average molecular weight is 322 g/mol. The van der Waals surface area contributed by atoms with E-state index in [2.05, 4.69) is 10.3 Å². The van der Waals surface area contributed by atoms with Gasteiger partial charge in [-0.3, -0.25) is 9.59 Å². The van der Waals surface area contributed by atoms with Crippen LogP contribution in [0.2, 0.25) is 0 Å². The molecule has 0 aliphatic carbocycles. The number of rotatable bonds is 9. The number of thiazole rings is 1. The quantitative estimate of drug-likeness (QED) is 0.692. The molecule has 0 aliphatic rings. The van der Waals surface area contributed by atoms with E-state index in [0.717, 1.165) is 19.3 Å². The second-order valence-electron chi connectivity index (χ2n) is 4.82. The number of carbonyl (C=O) groups excluding carboxylic acids is 1. The molecule has 6 nitrogen and oxygen atoms in total. The summed E-state index contributed by atoms with van der Waals surface area (Å²) in [5, 5.41) is 12.0. The summed E-state index contributed by atoms with van der Waals surface area (Å²) in [4.78, 5) is 27.0. The molecule has 0 aromatic carbocycles. The number of aliphatic carboxylic acids is 1. The Labute approximate surface area is 132 Å². The molecule has 0 radical (unpaired) electrons. The predicted molar refractivity (Wildman–Crippen MR) is 82.9 cm³/mol. The summed E-state index contributed by atoms with van der Waals surface area (Å²) in [6, 6.07) is 3.58. The third-order valence-electron chi connectivity index (χ3n) is 3.06. The van der Waals surface area contributed by atoms with E-state index in [1.807, 2.05) is 0 Å². The van der Waals surface area contributed by atoms with Gasteiger partial charge in [-0.25, -0.2) is 4.98 Å². The molecule has 2 aromatic rings. The molecule has 0 saturated heterocycles. The highest BCUT2D eigenvalue weighted by molar-refractivity contribution is 7.16. The first-order valence-electron chi connectivity index (χ1n) is 7.16. The fraction of sp³-hybridized carbons (Fsp3) is 0.400. The summed E-state index contributed by atoms with van der Waals surface area (Å²) in [5.41, 5.74) is 0. The fourth-order valence-corrected chi connectivity index (χ4v) is 2.74. The Morgan fingerprint density at radius 2 is 2.09 bits per heavy atom. The van der Waals surface area contributed by atoms with Crippen molar-refractivity contribution in [2.45, 2.75) is 32.1 Å². The molecule has 2 N–H and O–H groups in total. The summed E-state index contributed by atoms with van der Waals surface area (Å²) in [7, 11) is 0. The summed E-state index contributed by atoms with van der Waals surface area (Å²) >= 11 is 1.29. The molecule has 0 spiro atoms. The molecular formula is C15H18N2O4S. The maximum Gasteiger partial charge on any atom is 0.303 e. The molecule has 2 heterocycles. The van der Waals surface area contributed by atoms with Crippen LogP contribution in [0, 0.1) is 0 Å². The first-order chi connectivity index (χ1) is 10.7. The molecule has 2 rings (SSSR count).